The van der Waals surface area contributed by atoms with E-state index in [2.05, 4.69) is 23.5 Å². The lowest BCUT2D eigenvalue weighted by Gasteiger charge is -2.29. The number of rotatable bonds is 5. The molecule has 0 saturated carbocycles. The molecule has 12 heavy (non-hydrogen) atoms. The van der Waals surface area contributed by atoms with E-state index in [0.717, 1.165) is 0 Å². The van der Waals surface area contributed by atoms with Crippen LogP contribution in [0.1, 0.15) is 13.8 Å². The lowest BCUT2D eigenvalue weighted by atomic mass is 10.1. The normalized spacial score (nSPS) is 13.9. The van der Waals surface area contributed by atoms with Crippen LogP contribution in [0.15, 0.2) is 0 Å². The first-order chi connectivity index (χ1) is 5.54. The van der Waals surface area contributed by atoms with Gasteiger partial charge in [0, 0.05) is 14.1 Å². The molecule has 2 N–H and O–H groups in total. The van der Waals surface area contributed by atoms with E-state index < -0.39 is 0 Å². The van der Waals surface area contributed by atoms with Crippen molar-refractivity contribution >= 4 is 17.7 Å². The Morgan fingerprint density at radius 2 is 1.75 bits per heavy atom. The van der Waals surface area contributed by atoms with Gasteiger partial charge in [-0.3, -0.25) is 4.79 Å². The molecule has 0 aromatic carbocycles. The Hall–Kier alpha value is -0.100. The number of nitrogens with one attached hydrogen (secondary N) is 2. The summed E-state index contributed by atoms with van der Waals surface area (Å²) in [5, 5.41) is 1.49. The number of thiol groups is 1. The maximum Gasteiger partial charge on any atom is 0.206 e. The molecule has 0 bridgehead atoms. The van der Waals surface area contributed by atoms with Crippen LogP contribution in [0.25, 0.3) is 0 Å². The monoisotopic (exact) mass is 191 g/mol. The summed E-state index contributed by atoms with van der Waals surface area (Å²) < 4.78 is 0. The third-order valence-electron chi connectivity index (χ3n) is 1.64. The Morgan fingerprint density at radius 3 is 1.83 bits per heavy atom. The van der Waals surface area contributed by atoms with Crippen LogP contribution in [-0.4, -0.2) is 30.4 Å². The molecule has 0 radical (unpaired) electrons. The third-order valence-corrected chi connectivity index (χ3v) is 1.91. The summed E-state index contributed by atoms with van der Waals surface area (Å²) in [6, 6.07) is -0.247. The highest BCUT2D eigenvalue weighted by molar-refractivity contribution is 7.96. The van der Waals surface area contributed by atoms with Gasteiger partial charge in [0.1, 0.15) is 6.04 Å². The largest absolute Gasteiger partial charge is 0.286 e. The quantitative estimate of drug-likeness (QED) is 0.424. The second kappa shape index (κ2) is 5.53. The molecule has 5 heteroatoms. The van der Waals surface area contributed by atoms with E-state index >= 15 is 0 Å². The van der Waals surface area contributed by atoms with Crippen LogP contribution in [0.2, 0.25) is 0 Å². The maximum absolute atomic E-state index is 11.1. The Morgan fingerprint density at radius 1 is 1.33 bits per heavy atom. The highest BCUT2D eigenvalue weighted by Crippen LogP contribution is 2.09. The second-order valence-electron chi connectivity index (χ2n) is 2.84. The number of nitrogens with zero attached hydrogens (tertiary/aromatic N) is 1. The van der Waals surface area contributed by atoms with Crippen molar-refractivity contribution in [3.63, 3.8) is 0 Å². The van der Waals surface area contributed by atoms with Gasteiger partial charge in [-0.15, -0.1) is 12.6 Å². The molecule has 0 heterocycles. The lowest BCUT2D eigenvalue weighted by molar-refractivity contribution is -0.119. The van der Waals surface area contributed by atoms with Crippen molar-refractivity contribution in [3.8, 4) is 0 Å². The number of carbonyl (C=O) groups is 1. The minimum absolute atomic E-state index is 0.145. The van der Waals surface area contributed by atoms with Gasteiger partial charge in [0.05, 0.1) is 0 Å². The Kier molecular flexibility index (Phi) is 5.48. The first-order valence-corrected chi connectivity index (χ1v) is 4.36. The molecule has 0 amide bonds. The molecule has 0 aliphatic carbocycles. The zero-order chi connectivity index (χ0) is 9.72. The van der Waals surface area contributed by atoms with Crippen molar-refractivity contribution in [1.29, 1.82) is 0 Å². The lowest BCUT2D eigenvalue weighted by Crippen LogP contribution is -2.55. The fourth-order valence-electron chi connectivity index (χ4n) is 1.08. The third kappa shape index (κ3) is 3.10. The van der Waals surface area contributed by atoms with Crippen molar-refractivity contribution in [2.45, 2.75) is 19.9 Å². The summed E-state index contributed by atoms with van der Waals surface area (Å²) in [6.07, 6.45) is 0. The van der Waals surface area contributed by atoms with E-state index in [1.165, 1.54) is 0 Å². The minimum atomic E-state index is -0.247. The van der Waals surface area contributed by atoms with Crippen LogP contribution in [0, 0.1) is 5.92 Å². The Balaban J connectivity index is 4.36. The van der Waals surface area contributed by atoms with Crippen molar-refractivity contribution < 1.29 is 4.79 Å². The number of hydrazine groups is 2. The van der Waals surface area contributed by atoms with Gasteiger partial charge in [0.25, 0.3) is 0 Å². The Labute approximate surface area is 79.0 Å². The number of hydrogen-bond donors (Lipinski definition) is 3. The molecule has 0 spiro atoms. The van der Waals surface area contributed by atoms with E-state index in [-0.39, 0.29) is 17.1 Å². The number of carbonyl (C=O) groups excluding carboxylic acids is 1. The van der Waals surface area contributed by atoms with Crippen LogP contribution in [0.4, 0.5) is 0 Å². The van der Waals surface area contributed by atoms with Gasteiger partial charge < -0.3 is 0 Å². The molecule has 0 fully saturated rings. The molecule has 0 aromatic heterocycles. The van der Waals surface area contributed by atoms with Gasteiger partial charge in [0.2, 0.25) is 5.12 Å². The highest BCUT2D eigenvalue weighted by Gasteiger charge is 2.25. The molecule has 4 nitrogen and oxygen atoms in total. The standard InChI is InChI=1S/C7H17N3OS/c1-5(2)6(7(11)12)10(8-3)9-4/h5-6,8-9H,1-4H3,(H,11,12)/t6-/m0/s1. The predicted molar refractivity (Wildman–Crippen MR) is 52.6 cm³/mol. The first-order valence-electron chi connectivity index (χ1n) is 3.91. The van der Waals surface area contributed by atoms with E-state index in [1.54, 1.807) is 19.2 Å². The average Bonchev–Trinajstić information content (AvgIpc) is 1.98. The first kappa shape index (κ1) is 11.9. The van der Waals surface area contributed by atoms with Crippen molar-refractivity contribution in [2.75, 3.05) is 14.1 Å². The summed E-state index contributed by atoms with van der Waals surface area (Å²) in [6.45, 7) is 3.95. The minimum Gasteiger partial charge on any atom is -0.286 e. The molecule has 0 saturated heterocycles. The van der Waals surface area contributed by atoms with Gasteiger partial charge in [-0.05, 0) is 5.92 Å². The van der Waals surface area contributed by atoms with Crippen molar-refractivity contribution in [1.82, 2.24) is 16.0 Å². The van der Waals surface area contributed by atoms with Crippen molar-refractivity contribution in [2.24, 2.45) is 5.92 Å². The molecule has 0 rings (SSSR count). The van der Waals surface area contributed by atoms with Crippen LogP contribution < -0.4 is 10.9 Å². The average molecular weight is 191 g/mol. The zero-order valence-corrected chi connectivity index (χ0v) is 8.85. The molecule has 0 unspecified atom stereocenters. The van der Waals surface area contributed by atoms with E-state index in [9.17, 15) is 4.79 Å². The van der Waals surface area contributed by atoms with Gasteiger partial charge in [-0.1, -0.05) is 13.8 Å². The SMILES string of the molecule is CNN(NC)[C@H](C(=O)S)C(C)C. The number of hydrogen-bond acceptors (Lipinski definition) is 4. The topological polar surface area (TPSA) is 44.4 Å². The molecule has 0 aliphatic heterocycles. The zero-order valence-electron chi connectivity index (χ0n) is 7.96. The second-order valence-corrected chi connectivity index (χ2v) is 3.29. The Bertz CT molecular complexity index is 148. The fourth-order valence-corrected chi connectivity index (χ4v) is 1.50. The molecule has 72 valence electrons. The predicted octanol–water partition coefficient (Wildman–Crippen LogP) is 0.0382. The summed E-state index contributed by atoms with van der Waals surface area (Å²) in [5.74, 6) is 0.217. The smallest absolute Gasteiger partial charge is 0.206 e. The molecule has 0 aromatic rings. The van der Waals surface area contributed by atoms with Crippen LogP contribution >= 0.6 is 12.6 Å². The molecule has 0 aliphatic rings. The van der Waals surface area contributed by atoms with Crippen LogP contribution in [-0.2, 0) is 4.79 Å². The summed E-state index contributed by atoms with van der Waals surface area (Å²) in [5.41, 5.74) is 5.73. The highest BCUT2D eigenvalue weighted by atomic mass is 32.1. The summed E-state index contributed by atoms with van der Waals surface area (Å²) in [4.78, 5) is 11.1. The van der Waals surface area contributed by atoms with E-state index in [1.807, 2.05) is 13.8 Å². The van der Waals surface area contributed by atoms with Crippen LogP contribution in [0.5, 0.6) is 0 Å². The van der Waals surface area contributed by atoms with Gasteiger partial charge in [-0.25, -0.2) is 10.9 Å². The maximum atomic E-state index is 11.1. The summed E-state index contributed by atoms with van der Waals surface area (Å²) in [7, 11) is 3.51. The van der Waals surface area contributed by atoms with Gasteiger partial charge in [-0.2, -0.15) is 5.12 Å². The molecule has 1 atom stereocenters. The molecular formula is C7H17N3OS. The van der Waals surface area contributed by atoms with Crippen LogP contribution in [0.3, 0.4) is 0 Å². The fraction of sp³-hybridized carbons (Fsp3) is 0.857. The van der Waals surface area contributed by atoms with E-state index in [0.29, 0.717) is 0 Å². The van der Waals surface area contributed by atoms with Crippen molar-refractivity contribution in [3.05, 3.63) is 0 Å². The van der Waals surface area contributed by atoms with Gasteiger partial charge >= 0.3 is 0 Å². The summed E-state index contributed by atoms with van der Waals surface area (Å²) >= 11 is 3.82. The molecular weight excluding hydrogens is 174 g/mol. The van der Waals surface area contributed by atoms with Gasteiger partial charge in [0.15, 0.2) is 0 Å². The van der Waals surface area contributed by atoms with E-state index in [4.69, 9.17) is 0 Å².